The van der Waals surface area contributed by atoms with Crippen molar-refractivity contribution >= 4 is 17.8 Å². The van der Waals surface area contributed by atoms with Crippen molar-refractivity contribution in [3.05, 3.63) is 46.4 Å². The maximum atomic E-state index is 11.8. The Hall–Kier alpha value is -1.81. The summed E-state index contributed by atoms with van der Waals surface area (Å²) in [5.41, 5.74) is 0.917. The highest BCUT2D eigenvalue weighted by atomic mass is 35.5. The number of benzene rings is 1. The second kappa shape index (κ2) is 5.05. The first-order valence-electron chi connectivity index (χ1n) is 5.99. The highest BCUT2D eigenvalue weighted by Gasteiger charge is 2.18. The second-order valence-electron chi connectivity index (χ2n) is 5.28. The van der Waals surface area contributed by atoms with E-state index in [2.05, 4.69) is 9.97 Å². The van der Waals surface area contributed by atoms with Crippen molar-refractivity contribution in [3.63, 3.8) is 0 Å². The van der Waals surface area contributed by atoms with Crippen LogP contribution in [-0.2, 0) is 0 Å². The van der Waals surface area contributed by atoms with Crippen molar-refractivity contribution in [2.24, 2.45) is 0 Å². The zero-order valence-corrected chi connectivity index (χ0v) is 11.9. The summed E-state index contributed by atoms with van der Waals surface area (Å²) in [5, 5.41) is 12.5. The summed E-state index contributed by atoms with van der Waals surface area (Å²) in [5.74, 6) is 0.652. The number of nitrogens with zero attached hydrogens (tertiary/aromatic N) is 2. The van der Waals surface area contributed by atoms with Crippen LogP contribution in [-0.4, -0.2) is 26.5 Å². The normalized spacial score (nSPS) is 12.7. The third-order valence-corrected chi connectivity index (χ3v) is 2.97. The van der Waals surface area contributed by atoms with Gasteiger partial charge in [0.2, 0.25) is 6.21 Å². The van der Waals surface area contributed by atoms with Gasteiger partial charge in [-0.05, 0) is 12.1 Å². The van der Waals surface area contributed by atoms with Crippen LogP contribution in [0.1, 0.15) is 26.5 Å². The summed E-state index contributed by atoms with van der Waals surface area (Å²) >= 11 is 6.10. The number of hydroxylamine groups is 1. The van der Waals surface area contributed by atoms with Gasteiger partial charge in [-0.2, -0.15) is 0 Å². The van der Waals surface area contributed by atoms with Crippen LogP contribution < -0.4 is 0 Å². The molecule has 2 aromatic rings. The lowest BCUT2D eigenvalue weighted by Gasteiger charge is -2.17. The van der Waals surface area contributed by atoms with Gasteiger partial charge in [-0.1, -0.05) is 23.7 Å². The third-order valence-electron chi connectivity index (χ3n) is 2.64. The van der Waals surface area contributed by atoms with E-state index >= 15 is 0 Å². The van der Waals surface area contributed by atoms with Crippen LogP contribution in [0.5, 0.6) is 0 Å². The largest absolute Gasteiger partial charge is 0.623 e. The number of rotatable bonds is 2. The van der Waals surface area contributed by atoms with Crippen LogP contribution in [0.25, 0.3) is 11.4 Å². The number of H-pyrrole nitrogens is 1. The molecule has 0 aliphatic carbocycles. The van der Waals surface area contributed by atoms with E-state index < -0.39 is 5.54 Å². The molecule has 2 rings (SSSR count). The Kier molecular flexibility index (Phi) is 3.62. The Morgan fingerprint density at radius 2 is 2.00 bits per heavy atom. The fraction of sp³-hybridized carbons (Fsp3) is 0.286. The minimum atomic E-state index is -0.483. The topological polar surface area (TPSA) is 54.8 Å². The number of aromatic amines is 1. The molecule has 100 valence electrons. The van der Waals surface area contributed by atoms with Crippen molar-refractivity contribution in [2.45, 2.75) is 26.3 Å². The van der Waals surface area contributed by atoms with Gasteiger partial charge in [-0.25, -0.2) is 9.72 Å². The SMILES string of the molecule is CC(C)(C)/[N+]([O-])=C/c1c[nH]c(-c2ccccc2Cl)n1. The average molecular weight is 278 g/mol. The van der Waals surface area contributed by atoms with Crippen molar-refractivity contribution in [2.75, 3.05) is 0 Å². The van der Waals surface area contributed by atoms with Crippen molar-refractivity contribution in [1.29, 1.82) is 0 Å². The van der Waals surface area contributed by atoms with Gasteiger partial charge in [0.05, 0.1) is 5.02 Å². The molecule has 0 saturated heterocycles. The van der Waals surface area contributed by atoms with E-state index in [-0.39, 0.29) is 0 Å². The van der Waals surface area contributed by atoms with Crippen molar-refractivity contribution in [3.8, 4) is 11.4 Å². The van der Waals surface area contributed by atoms with E-state index in [0.29, 0.717) is 16.5 Å². The van der Waals surface area contributed by atoms with Crippen LogP contribution in [0.2, 0.25) is 5.02 Å². The van der Waals surface area contributed by atoms with Gasteiger partial charge < -0.3 is 10.2 Å². The van der Waals surface area contributed by atoms with Gasteiger partial charge in [0.1, 0.15) is 11.5 Å². The summed E-state index contributed by atoms with van der Waals surface area (Å²) in [6.07, 6.45) is 3.16. The summed E-state index contributed by atoms with van der Waals surface area (Å²) in [6.45, 7) is 5.54. The van der Waals surface area contributed by atoms with Crippen LogP contribution in [0.15, 0.2) is 30.5 Å². The minimum absolute atomic E-state index is 0.483. The maximum absolute atomic E-state index is 11.8. The molecule has 0 saturated carbocycles. The predicted octanol–water partition coefficient (Wildman–Crippen LogP) is 3.46. The predicted molar refractivity (Wildman–Crippen MR) is 77.6 cm³/mol. The van der Waals surface area contributed by atoms with Gasteiger partial charge in [0, 0.05) is 32.5 Å². The van der Waals surface area contributed by atoms with Crippen LogP contribution in [0.4, 0.5) is 0 Å². The summed E-state index contributed by atoms with van der Waals surface area (Å²) < 4.78 is 0.888. The molecule has 1 N–H and O–H groups in total. The van der Waals surface area contributed by atoms with E-state index in [1.54, 1.807) is 12.3 Å². The molecule has 19 heavy (non-hydrogen) atoms. The van der Waals surface area contributed by atoms with E-state index in [0.717, 1.165) is 10.3 Å². The molecule has 0 fully saturated rings. The lowest BCUT2D eigenvalue weighted by Crippen LogP contribution is -2.29. The number of hydrogen-bond acceptors (Lipinski definition) is 2. The first-order chi connectivity index (χ1) is 8.88. The number of nitrogens with one attached hydrogen (secondary N) is 1. The molecule has 1 aromatic carbocycles. The molecule has 0 aliphatic rings. The first-order valence-corrected chi connectivity index (χ1v) is 6.37. The molecule has 0 unspecified atom stereocenters. The fourth-order valence-electron chi connectivity index (χ4n) is 1.51. The molecule has 1 heterocycles. The second-order valence-corrected chi connectivity index (χ2v) is 5.69. The summed E-state index contributed by atoms with van der Waals surface area (Å²) in [7, 11) is 0. The van der Waals surface area contributed by atoms with Crippen molar-refractivity contribution < 1.29 is 4.74 Å². The molecule has 4 nitrogen and oxygen atoms in total. The molecule has 0 amide bonds. The van der Waals surface area contributed by atoms with Gasteiger partial charge in [0.15, 0.2) is 5.54 Å². The monoisotopic (exact) mass is 277 g/mol. The summed E-state index contributed by atoms with van der Waals surface area (Å²) in [4.78, 5) is 7.38. The Balaban J connectivity index is 2.33. The van der Waals surface area contributed by atoms with E-state index in [1.165, 1.54) is 6.21 Å². The van der Waals surface area contributed by atoms with Gasteiger partial charge in [-0.3, -0.25) is 0 Å². The van der Waals surface area contributed by atoms with Gasteiger partial charge in [-0.15, -0.1) is 0 Å². The lowest BCUT2D eigenvalue weighted by atomic mass is 10.1. The quantitative estimate of drug-likeness (QED) is 0.396. The lowest BCUT2D eigenvalue weighted by molar-refractivity contribution is -0.530. The van der Waals surface area contributed by atoms with Gasteiger partial charge in [0.25, 0.3) is 0 Å². The fourth-order valence-corrected chi connectivity index (χ4v) is 1.73. The van der Waals surface area contributed by atoms with Crippen LogP contribution in [0, 0.1) is 5.21 Å². The minimum Gasteiger partial charge on any atom is -0.623 e. The molecule has 1 aromatic heterocycles. The standard InChI is InChI=1S/C14H16ClN3O/c1-14(2,3)18(19)9-10-8-16-13(17-10)11-6-4-5-7-12(11)15/h4-9H,1-3H3,(H,16,17)/b18-9-. The molecule has 5 heteroatoms. The number of halogens is 1. The van der Waals surface area contributed by atoms with Crippen molar-refractivity contribution in [1.82, 2.24) is 9.97 Å². The highest BCUT2D eigenvalue weighted by Crippen LogP contribution is 2.24. The molecule has 0 radical (unpaired) electrons. The molecular weight excluding hydrogens is 262 g/mol. The number of hydrogen-bond donors (Lipinski definition) is 1. The van der Waals surface area contributed by atoms with Crippen LogP contribution >= 0.6 is 11.6 Å². The van der Waals surface area contributed by atoms with Gasteiger partial charge >= 0.3 is 0 Å². The van der Waals surface area contributed by atoms with E-state index in [9.17, 15) is 5.21 Å². The highest BCUT2D eigenvalue weighted by molar-refractivity contribution is 6.33. The number of aromatic nitrogens is 2. The van der Waals surface area contributed by atoms with E-state index in [4.69, 9.17) is 11.6 Å². The zero-order valence-electron chi connectivity index (χ0n) is 11.1. The Morgan fingerprint density at radius 3 is 2.63 bits per heavy atom. The Labute approximate surface area is 117 Å². The smallest absolute Gasteiger partial charge is 0.202 e. The Bertz CT molecular complexity index is 611. The zero-order chi connectivity index (χ0) is 14.0. The third kappa shape index (κ3) is 3.15. The van der Waals surface area contributed by atoms with E-state index in [1.807, 2.05) is 39.0 Å². The Morgan fingerprint density at radius 1 is 1.32 bits per heavy atom. The molecule has 0 bridgehead atoms. The summed E-state index contributed by atoms with van der Waals surface area (Å²) in [6, 6.07) is 7.44. The van der Waals surface area contributed by atoms with Crippen LogP contribution in [0.3, 0.4) is 0 Å². The molecular formula is C14H16ClN3O. The molecule has 0 spiro atoms. The first kappa shape index (κ1) is 13.6. The number of imidazole rings is 1. The average Bonchev–Trinajstić information content (AvgIpc) is 2.76. The maximum Gasteiger partial charge on any atom is 0.202 e. The molecule has 0 aliphatic heterocycles. The molecule has 0 atom stereocenters.